The molecule has 0 saturated carbocycles. The summed E-state index contributed by atoms with van der Waals surface area (Å²) in [6.45, 7) is 4.00. The van der Waals surface area contributed by atoms with Crippen LogP contribution >= 0.6 is 15.9 Å². The van der Waals surface area contributed by atoms with Crippen molar-refractivity contribution in [3.8, 4) is 0 Å². The number of hydrogen-bond acceptors (Lipinski definition) is 5. The quantitative estimate of drug-likeness (QED) is 0.629. The Hall–Kier alpha value is -0.880. The summed E-state index contributed by atoms with van der Waals surface area (Å²) in [5.41, 5.74) is 3.48. The van der Waals surface area contributed by atoms with E-state index < -0.39 is 0 Å². The lowest BCUT2D eigenvalue weighted by Crippen LogP contribution is -2.22. The highest BCUT2D eigenvalue weighted by Gasteiger charge is 2.17. The number of hydrazine groups is 1. The molecule has 82 valence electrons. The first-order valence-corrected chi connectivity index (χ1v) is 5.77. The van der Waals surface area contributed by atoms with Crippen LogP contribution in [0.15, 0.2) is 4.47 Å². The molecule has 0 aliphatic carbocycles. The fraction of sp³-hybridized carbons (Fsp3) is 0.556. The van der Waals surface area contributed by atoms with Gasteiger partial charge in [-0.1, -0.05) is 0 Å². The minimum Gasteiger partial charge on any atom is -0.341 e. The van der Waals surface area contributed by atoms with Crippen molar-refractivity contribution in [3.63, 3.8) is 0 Å². The van der Waals surface area contributed by atoms with Gasteiger partial charge in [-0.15, -0.1) is 0 Å². The highest BCUT2D eigenvalue weighted by Crippen LogP contribution is 2.26. The smallest absolute Gasteiger partial charge is 0.227 e. The third-order valence-corrected chi connectivity index (χ3v) is 3.48. The molecule has 0 unspecified atom stereocenters. The molecule has 1 aliphatic rings. The molecular weight excluding hydrogens is 258 g/mol. The molecule has 0 radical (unpaired) electrons. The van der Waals surface area contributed by atoms with Crippen molar-refractivity contribution in [2.75, 3.05) is 23.4 Å². The van der Waals surface area contributed by atoms with Gasteiger partial charge in [0.1, 0.15) is 0 Å². The highest BCUT2D eigenvalue weighted by atomic mass is 79.9. The summed E-state index contributed by atoms with van der Waals surface area (Å²) in [6, 6.07) is 0. The normalized spacial score (nSPS) is 15.8. The monoisotopic (exact) mass is 271 g/mol. The molecule has 1 aromatic rings. The van der Waals surface area contributed by atoms with Crippen LogP contribution < -0.4 is 16.2 Å². The Bertz CT molecular complexity index is 362. The Balaban J connectivity index is 2.35. The van der Waals surface area contributed by atoms with Gasteiger partial charge in [0.25, 0.3) is 0 Å². The summed E-state index contributed by atoms with van der Waals surface area (Å²) in [7, 11) is 0. The van der Waals surface area contributed by atoms with Crippen molar-refractivity contribution in [3.05, 3.63) is 10.2 Å². The summed E-state index contributed by atoms with van der Waals surface area (Å²) in [5, 5.41) is 0. The van der Waals surface area contributed by atoms with Crippen LogP contribution in [0.5, 0.6) is 0 Å². The SMILES string of the molecule is Cc1nc(N2CCCC2)nc(NN)c1Br. The standard InChI is InChI=1S/C9H14BrN5/c1-6-7(10)8(14-11)13-9(12-6)15-4-2-3-5-15/h2-5,11H2,1H3,(H,12,13,14). The zero-order chi connectivity index (χ0) is 10.8. The Morgan fingerprint density at radius 1 is 1.33 bits per heavy atom. The predicted octanol–water partition coefficient (Wildman–Crippen LogP) is 1.43. The van der Waals surface area contributed by atoms with Crippen LogP contribution in [0, 0.1) is 6.92 Å². The molecule has 2 rings (SSSR count). The van der Waals surface area contributed by atoms with E-state index in [1.165, 1.54) is 12.8 Å². The first-order valence-electron chi connectivity index (χ1n) is 4.98. The van der Waals surface area contributed by atoms with E-state index in [1.54, 1.807) is 0 Å². The van der Waals surface area contributed by atoms with E-state index in [0.29, 0.717) is 5.82 Å². The fourth-order valence-electron chi connectivity index (χ4n) is 1.70. The zero-order valence-corrected chi connectivity index (χ0v) is 10.2. The van der Waals surface area contributed by atoms with Gasteiger partial charge in [0.05, 0.1) is 10.2 Å². The van der Waals surface area contributed by atoms with Crippen LogP contribution in [0.4, 0.5) is 11.8 Å². The Labute approximate surface area is 97.2 Å². The van der Waals surface area contributed by atoms with Crippen molar-refractivity contribution in [1.82, 2.24) is 9.97 Å². The first kappa shape index (κ1) is 10.6. The van der Waals surface area contributed by atoms with Gasteiger partial charge < -0.3 is 10.3 Å². The molecule has 1 fully saturated rings. The number of nitrogens with one attached hydrogen (secondary N) is 1. The van der Waals surface area contributed by atoms with Gasteiger partial charge >= 0.3 is 0 Å². The first-order chi connectivity index (χ1) is 7.22. The van der Waals surface area contributed by atoms with E-state index in [0.717, 1.165) is 29.2 Å². The van der Waals surface area contributed by atoms with Crippen molar-refractivity contribution in [2.24, 2.45) is 5.84 Å². The van der Waals surface area contributed by atoms with Crippen LogP contribution in [0.2, 0.25) is 0 Å². The number of halogens is 1. The van der Waals surface area contributed by atoms with Crippen LogP contribution in [0.25, 0.3) is 0 Å². The number of aromatic nitrogens is 2. The largest absolute Gasteiger partial charge is 0.341 e. The lowest BCUT2D eigenvalue weighted by atomic mass is 10.4. The summed E-state index contributed by atoms with van der Waals surface area (Å²) in [4.78, 5) is 11.0. The summed E-state index contributed by atoms with van der Waals surface area (Å²) < 4.78 is 0.827. The van der Waals surface area contributed by atoms with Crippen molar-refractivity contribution < 1.29 is 0 Å². The Kier molecular flexibility index (Phi) is 3.06. The van der Waals surface area contributed by atoms with Gasteiger partial charge in [-0.05, 0) is 35.7 Å². The minimum absolute atomic E-state index is 0.643. The molecule has 0 bridgehead atoms. The van der Waals surface area contributed by atoms with Crippen molar-refractivity contribution in [1.29, 1.82) is 0 Å². The number of nitrogens with two attached hydrogens (primary N) is 1. The maximum atomic E-state index is 5.40. The third kappa shape index (κ3) is 2.05. The molecule has 0 aromatic carbocycles. The molecule has 5 nitrogen and oxygen atoms in total. The summed E-state index contributed by atoms with van der Waals surface area (Å²) in [5.74, 6) is 6.81. The van der Waals surface area contributed by atoms with E-state index in [9.17, 15) is 0 Å². The predicted molar refractivity (Wildman–Crippen MR) is 63.7 cm³/mol. The molecule has 2 heterocycles. The van der Waals surface area contributed by atoms with Gasteiger partial charge in [-0.25, -0.2) is 10.8 Å². The average molecular weight is 272 g/mol. The van der Waals surface area contributed by atoms with E-state index in [2.05, 4.69) is 36.2 Å². The minimum atomic E-state index is 0.643. The maximum Gasteiger partial charge on any atom is 0.227 e. The van der Waals surface area contributed by atoms with Gasteiger partial charge in [0.2, 0.25) is 5.95 Å². The molecule has 3 N–H and O–H groups in total. The number of nitrogen functional groups attached to an aromatic ring is 1. The van der Waals surface area contributed by atoms with Crippen LogP contribution in [0.1, 0.15) is 18.5 Å². The molecule has 15 heavy (non-hydrogen) atoms. The average Bonchev–Trinajstić information content (AvgIpc) is 2.75. The third-order valence-electron chi connectivity index (χ3n) is 2.53. The van der Waals surface area contributed by atoms with Crippen LogP contribution in [-0.4, -0.2) is 23.1 Å². The van der Waals surface area contributed by atoms with Crippen molar-refractivity contribution >= 4 is 27.7 Å². The second-order valence-corrected chi connectivity index (χ2v) is 4.40. The topological polar surface area (TPSA) is 67.1 Å². The maximum absolute atomic E-state index is 5.40. The number of nitrogens with zero attached hydrogens (tertiary/aromatic N) is 3. The number of anilines is 2. The molecule has 0 spiro atoms. The Morgan fingerprint density at radius 2 is 2.00 bits per heavy atom. The zero-order valence-electron chi connectivity index (χ0n) is 8.63. The Morgan fingerprint density at radius 3 is 2.60 bits per heavy atom. The van der Waals surface area contributed by atoms with Crippen LogP contribution in [0.3, 0.4) is 0 Å². The fourth-order valence-corrected chi connectivity index (χ4v) is 1.99. The molecule has 0 amide bonds. The van der Waals surface area contributed by atoms with Crippen LogP contribution in [-0.2, 0) is 0 Å². The molecule has 1 saturated heterocycles. The van der Waals surface area contributed by atoms with E-state index in [4.69, 9.17) is 5.84 Å². The van der Waals surface area contributed by atoms with Gasteiger partial charge in [-0.2, -0.15) is 4.98 Å². The van der Waals surface area contributed by atoms with Gasteiger partial charge in [0.15, 0.2) is 5.82 Å². The molecule has 1 aromatic heterocycles. The second kappa shape index (κ2) is 4.32. The second-order valence-electron chi connectivity index (χ2n) is 3.61. The lowest BCUT2D eigenvalue weighted by molar-refractivity contribution is 0.885. The molecular formula is C9H14BrN5. The molecule has 0 atom stereocenters. The summed E-state index contributed by atoms with van der Waals surface area (Å²) in [6.07, 6.45) is 2.42. The molecule has 1 aliphatic heterocycles. The van der Waals surface area contributed by atoms with Gasteiger partial charge in [-0.3, -0.25) is 0 Å². The molecule has 6 heteroatoms. The number of rotatable bonds is 2. The van der Waals surface area contributed by atoms with Crippen molar-refractivity contribution in [2.45, 2.75) is 19.8 Å². The van der Waals surface area contributed by atoms with Gasteiger partial charge in [0, 0.05) is 13.1 Å². The summed E-state index contributed by atoms with van der Waals surface area (Å²) >= 11 is 3.40. The number of aryl methyl sites for hydroxylation is 1. The lowest BCUT2D eigenvalue weighted by Gasteiger charge is -2.17. The van der Waals surface area contributed by atoms with E-state index in [1.807, 2.05) is 6.92 Å². The highest BCUT2D eigenvalue weighted by molar-refractivity contribution is 9.10. The van der Waals surface area contributed by atoms with E-state index >= 15 is 0 Å². The number of hydrogen-bond donors (Lipinski definition) is 2. The van der Waals surface area contributed by atoms with E-state index in [-0.39, 0.29) is 0 Å².